The Labute approximate surface area is 152 Å². The van der Waals surface area contributed by atoms with E-state index in [1.165, 1.54) is 30.3 Å². The van der Waals surface area contributed by atoms with Gasteiger partial charge in [0.05, 0.1) is 9.85 Å². The van der Waals surface area contributed by atoms with Crippen LogP contribution >= 0.6 is 11.6 Å². The van der Waals surface area contributed by atoms with Crippen molar-refractivity contribution in [1.82, 2.24) is 0 Å². The standard InChI is InChI=1S/C8H6ClNO3.C8H7NO4/c1-5-2-3-6(8(9)11)7(4-5)10(12)13;1-5-2-3-6(8(10)11)7(4-5)9(12)13/h2-4H,1H3;2-4H,1H3,(H,10,11). The molecule has 0 saturated heterocycles. The topological polar surface area (TPSA) is 141 Å². The molecule has 0 atom stereocenters. The minimum absolute atomic E-state index is 0.0720. The fraction of sp³-hybridized carbons (Fsp3) is 0.125. The van der Waals surface area contributed by atoms with Crippen LogP contribution in [-0.4, -0.2) is 26.2 Å². The first-order chi connectivity index (χ1) is 12.0. The van der Waals surface area contributed by atoms with Gasteiger partial charge in [0.15, 0.2) is 0 Å². The summed E-state index contributed by atoms with van der Waals surface area (Å²) < 4.78 is 0. The second-order valence-electron chi connectivity index (χ2n) is 5.13. The number of hydrogen-bond acceptors (Lipinski definition) is 6. The van der Waals surface area contributed by atoms with Crippen molar-refractivity contribution in [2.45, 2.75) is 13.8 Å². The molecule has 0 fully saturated rings. The van der Waals surface area contributed by atoms with Crippen LogP contribution in [0, 0.1) is 34.1 Å². The smallest absolute Gasteiger partial charge is 0.342 e. The SMILES string of the molecule is Cc1ccc(C(=O)Cl)c([N+](=O)[O-])c1.Cc1ccc(C(=O)O)c([N+](=O)[O-])c1. The number of carbonyl (C=O) groups is 2. The lowest BCUT2D eigenvalue weighted by atomic mass is 10.1. The highest BCUT2D eigenvalue weighted by Crippen LogP contribution is 2.21. The molecule has 136 valence electrons. The van der Waals surface area contributed by atoms with E-state index in [0.717, 1.165) is 0 Å². The Morgan fingerprint density at radius 2 is 1.27 bits per heavy atom. The Bertz CT molecular complexity index is 823. The monoisotopic (exact) mass is 380 g/mol. The zero-order valence-electron chi connectivity index (χ0n) is 13.6. The van der Waals surface area contributed by atoms with Gasteiger partial charge >= 0.3 is 5.97 Å². The molecule has 1 N–H and O–H groups in total. The lowest BCUT2D eigenvalue weighted by molar-refractivity contribution is -0.385. The van der Waals surface area contributed by atoms with Crippen molar-refractivity contribution >= 4 is 34.2 Å². The summed E-state index contributed by atoms with van der Waals surface area (Å²) in [6.45, 7) is 3.37. The molecular formula is C16H13ClN2O7. The zero-order chi connectivity index (χ0) is 20.0. The van der Waals surface area contributed by atoms with Crippen molar-refractivity contribution in [2.24, 2.45) is 0 Å². The Kier molecular flexibility index (Phi) is 6.91. The molecule has 0 aliphatic carbocycles. The highest BCUT2D eigenvalue weighted by Gasteiger charge is 2.19. The second kappa shape index (κ2) is 8.67. The van der Waals surface area contributed by atoms with Crippen molar-refractivity contribution in [1.29, 1.82) is 0 Å². The zero-order valence-corrected chi connectivity index (χ0v) is 14.4. The molecule has 0 aliphatic heterocycles. The van der Waals surface area contributed by atoms with Gasteiger partial charge in [-0.15, -0.1) is 0 Å². The molecular weight excluding hydrogens is 368 g/mol. The van der Waals surface area contributed by atoms with Gasteiger partial charge in [-0.2, -0.15) is 0 Å². The van der Waals surface area contributed by atoms with Crippen LogP contribution < -0.4 is 0 Å². The second-order valence-corrected chi connectivity index (χ2v) is 5.48. The van der Waals surface area contributed by atoms with E-state index in [-0.39, 0.29) is 22.5 Å². The van der Waals surface area contributed by atoms with Gasteiger partial charge in [0.25, 0.3) is 16.6 Å². The number of nitro groups is 2. The van der Waals surface area contributed by atoms with Gasteiger partial charge in [-0.25, -0.2) is 4.79 Å². The number of nitro benzene ring substituents is 2. The van der Waals surface area contributed by atoms with Gasteiger partial charge in [0.2, 0.25) is 0 Å². The highest BCUT2D eigenvalue weighted by molar-refractivity contribution is 6.68. The quantitative estimate of drug-likeness (QED) is 0.481. The first-order valence-electron chi connectivity index (χ1n) is 6.97. The molecule has 9 nitrogen and oxygen atoms in total. The van der Waals surface area contributed by atoms with Crippen LogP contribution in [0.3, 0.4) is 0 Å². The third-order valence-corrected chi connectivity index (χ3v) is 3.35. The van der Waals surface area contributed by atoms with Crippen LogP contribution in [-0.2, 0) is 0 Å². The summed E-state index contributed by atoms with van der Waals surface area (Å²) in [5.74, 6) is -1.29. The van der Waals surface area contributed by atoms with Gasteiger partial charge in [0.1, 0.15) is 11.1 Å². The summed E-state index contributed by atoms with van der Waals surface area (Å²) in [5.41, 5.74) is 0.408. The van der Waals surface area contributed by atoms with E-state index in [1.807, 2.05) is 0 Å². The Morgan fingerprint density at radius 1 is 0.885 bits per heavy atom. The molecule has 0 saturated carbocycles. The minimum Gasteiger partial charge on any atom is -0.477 e. The van der Waals surface area contributed by atoms with E-state index in [4.69, 9.17) is 16.7 Å². The predicted octanol–water partition coefficient (Wildman–Crippen LogP) is 3.88. The maximum Gasteiger partial charge on any atom is 0.342 e. The maximum absolute atomic E-state index is 10.7. The number of aromatic carboxylic acids is 1. The van der Waals surface area contributed by atoms with Crippen molar-refractivity contribution in [2.75, 3.05) is 0 Å². The van der Waals surface area contributed by atoms with Crippen LogP contribution in [0.2, 0.25) is 0 Å². The third-order valence-electron chi connectivity index (χ3n) is 3.14. The van der Waals surface area contributed by atoms with E-state index < -0.39 is 21.1 Å². The molecule has 2 aromatic rings. The number of aryl methyl sites for hydroxylation is 2. The number of carboxylic acids is 1. The fourth-order valence-electron chi connectivity index (χ4n) is 1.93. The van der Waals surface area contributed by atoms with Crippen LogP contribution in [0.25, 0.3) is 0 Å². The number of halogens is 1. The third kappa shape index (κ3) is 5.35. The molecule has 2 aromatic carbocycles. The van der Waals surface area contributed by atoms with E-state index in [0.29, 0.717) is 11.1 Å². The van der Waals surface area contributed by atoms with Gasteiger partial charge in [-0.1, -0.05) is 12.1 Å². The largest absolute Gasteiger partial charge is 0.477 e. The van der Waals surface area contributed by atoms with E-state index in [9.17, 15) is 29.8 Å². The van der Waals surface area contributed by atoms with Crippen molar-refractivity contribution < 1.29 is 24.5 Å². The van der Waals surface area contributed by atoms with Gasteiger partial charge < -0.3 is 5.11 Å². The van der Waals surface area contributed by atoms with Gasteiger partial charge in [0, 0.05) is 12.1 Å². The number of carbonyl (C=O) groups excluding carboxylic acids is 1. The summed E-state index contributed by atoms with van der Waals surface area (Å²) in [7, 11) is 0. The van der Waals surface area contributed by atoms with Crippen molar-refractivity contribution in [3.05, 3.63) is 78.9 Å². The number of nitrogens with zero attached hydrogens (tertiary/aromatic N) is 2. The number of rotatable bonds is 4. The molecule has 0 heterocycles. The van der Waals surface area contributed by atoms with E-state index >= 15 is 0 Å². The molecule has 0 unspecified atom stereocenters. The molecule has 26 heavy (non-hydrogen) atoms. The summed E-state index contributed by atoms with van der Waals surface area (Å²) in [4.78, 5) is 40.8. The Morgan fingerprint density at radius 3 is 1.62 bits per heavy atom. The molecule has 0 radical (unpaired) electrons. The summed E-state index contributed by atoms with van der Waals surface area (Å²) in [5, 5.41) is 28.7. The number of benzene rings is 2. The molecule has 2 rings (SSSR count). The van der Waals surface area contributed by atoms with Gasteiger partial charge in [-0.05, 0) is 48.7 Å². The lowest BCUT2D eigenvalue weighted by Crippen LogP contribution is -2.02. The maximum atomic E-state index is 10.7. The normalized spacial score (nSPS) is 9.65. The first kappa shape index (κ1) is 20.7. The van der Waals surface area contributed by atoms with Gasteiger partial charge in [-0.3, -0.25) is 25.0 Å². The number of carboxylic acid groups (broad SMARTS) is 1. The summed E-state index contributed by atoms with van der Waals surface area (Å²) in [6, 6.07) is 8.26. The van der Waals surface area contributed by atoms with Crippen LogP contribution in [0.5, 0.6) is 0 Å². The number of hydrogen-bond donors (Lipinski definition) is 1. The van der Waals surface area contributed by atoms with Crippen molar-refractivity contribution in [3.63, 3.8) is 0 Å². The molecule has 0 aromatic heterocycles. The van der Waals surface area contributed by atoms with Crippen LogP contribution in [0.1, 0.15) is 31.8 Å². The van der Waals surface area contributed by atoms with E-state index in [2.05, 4.69) is 0 Å². The average molecular weight is 381 g/mol. The van der Waals surface area contributed by atoms with E-state index in [1.54, 1.807) is 19.9 Å². The van der Waals surface area contributed by atoms with Crippen molar-refractivity contribution in [3.8, 4) is 0 Å². The molecule has 10 heteroatoms. The molecule has 0 spiro atoms. The molecule has 0 amide bonds. The van der Waals surface area contributed by atoms with Crippen LogP contribution in [0.15, 0.2) is 36.4 Å². The molecule has 0 aliphatic rings. The first-order valence-corrected chi connectivity index (χ1v) is 7.35. The predicted molar refractivity (Wildman–Crippen MR) is 92.8 cm³/mol. The summed E-state index contributed by atoms with van der Waals surface area (Å²) in [6.07, 6.45) is 0. The molecule has 0 bridgehead atoms. The summed E-state index contributed by atoms with van der Waals surface area (Å²) >= 11 is 5.16. The average Bonchev–Trinajstić information content (AvgIpc) is 2.54. The Hall–Kier alpha value is -3.33. The lowest BCUT2D eigenvalue weighted by Gasteiger charge is -1.98. The highest BCUT2D eigenvalue weighted by atomic mass is 35.5. The minimum atomic E-state index is -1.29. The van der Waals surface area contributed by atoms with Crippen LogP contribution in [0.4, 0.5) is 11.4 Å². The fourth-order valence-corrected chi connectivity index (χ4v) is 2.09. The Balaban J connectivity index is 0.000000260.